The molecule has 154 valence electrons. The van der Waals surface area contributed by atoms with Gasteiger partial charge in [-0.15, -0.1) is 0 Å². The number of nitrogens with one attached hydrogen (secondary N) is 1. The van der Waals surface area contributed by atoms with Gasteiger partial charge in [0.05, 0.1) is 18.7 Å². The van der Waals surface area contributed by atoms with Crippen LogP contribution < -0.4 is 5.32 Å². The van der Waals surface area contributed by atoms with E-state index in [0.29, 0.717) is 23.4 Å². The van der Waals surface area contributed by atoms with Crippen molar-refractivity contribution in [3.63, 3.8) is 0 Å². The summed E-state index contributed by atoms with van der Waals surface area (Å²) in [6.45, 7) is 5.16. The highest BCUT2D eigenvalue weighted by Gasteiger charge is 2.44. The third-order valence-corrected chi connectivity index (χ3v) is 6.31. The van der Waals surface area contributed by atoms with Crippen LogP contribution in [0.25, 0.3) is 0 Å². The lowest BCUT2D eigenvalue weighted by Gasteiger charge is -2.38. The van der Waals surface area contributed by atoms with Crippen molar-refractivity contribution in [3.05, 3.63) is 18.0 Å². The van der Waals surface area contributed by atoms with Crippen molar-refractivity contribution in [2.45, 2.75) is 51.3 Å². The van der Waals surface area contributed by atoms with E-state index in [0.717, 1.165) is 39.1 Å². The predicted octanol–water partition coefficient (Wildman–Crippen LogP) is 1.22. The van der Waals surface area contributed by atoms with Crippen molar-refractivity contribution < 1.29 is 19.4 Å². The number of ether oxygens (including phenoxy) is 1. The van der Waals surface area contributed by atoms with Crippen LogP contribution in [0.4, 0.5) is 0 Å². The molecule has 1 amide bonds. The van der Waals surface area contributed by atoms with E-state index in [4.69, 9.17) is 9.84 Å². The number of aryl methyl sites for hydroxylation is 1. The van der Waals surface area contributed by atoms with Gasteiger partial charge in [0.15, 0.2) is 0 Å². The number of carbonyl (C=O) groups excluding carboxylic acids is 1. The summed E-state index contributed by atoms with van der Waals surface area (Å²) in [7, 11) is 0. The zero-order valence-corrected chi connectivity index (χ0v) is 16.4. The van der Waals surface area contributed by atoms with Crippen LogP contribution in [-0.2, 0) is 16.1 Å². The minimum Gasteiger partial charge on any atom is -0.480 e. The first kappa shape index (κ1) is 19.4. The van der Waals surface area contributed by atoms with Crippen LogP contribution in [0.1, 0.15) is 43.1 Å². The summed E-state index contributed by atoms with van der Waals surface area (Å²) in [6, 6.07) is 1.69. The number of aliphatic carboxylic acids is 1. The van der Waals surface area contributed by atoms with E-state index in [1.165, 1.54) is 12.8 Å². The van der Waals surface area contributed by atoms with Crippen molar-refractivity contribution in [3.8, 4) is 0 Å². The Bertz CT molecular complexity index is 717. The second-order valence-corrected chi connectivity index (χ2v) is 8.53. The third kappa shape index (κ3) is 4.55. The molecule has 0 aromatic carbocycles. The van der Waals surface area contributed by atoms with Gasteiger partial charge in [-0.05, 0) is 56.4 Å². The van der Waals surface area contributed by atoms with Crippen molar-refractivity contribution >= 4 is 11.9 Å². The van der Waals surface area contributed by atoms with Crippen molar-refractivity contribution in [1.82, 2.24) is 20.0 Å². The van der Waals surface area contributed by atoms with Crippen LogP contribution in [0, 0.1) is 17.8 Å². The number of nitrogens with zero attached hydrogens (tertiary/aromatic N) is 3. The number of hydrogen-bond donors (Lipinski definition) is 2. The molecule has 4 rings (SSSR count). The smallest absolute Gasteiger partial charge is 0.317 e. The molecule has 1 aromatic rings. The molecule has 2 aliphatic carbocycles. The number of likely N-dealkylation sites (tertiary alicyclic amines) is 1. The maximum Gasteiger partial charge on any atom is 0.317 e. The standard InChI is InChI=1S/C20H30N4O4/c1-2-24-6-5-16(22-24)20(27)21-17-7-14-9-23(11-19(25)26)10-15(14)8-18(17)28-12-13-3-4-13/h5-6,13-15,17-18H,2-4,7-12H2,1H3,(H,21,27)(H,25,26)/t14-,15+,17-,18-/m0/s1. The fraction of sp³-hybridized carbons (Fsp3) is 0.750. The summed E-state index contributed by atoms with van der Waals surface area (Å²) in [5, 5.41) is 16.6. The molecule has 0 bridgehead atoms. The average molecular weight is 390 g/mol. The molecule has 2 heterocycles. The van der Waals surface area contributed by atoms with Crippen LogP contribution in [0.3, 0.4) is 0 Å². The third-order valence-electron chi connectivity index (χ3n) is 6.31. The molecular formula is C20H30N4O4. The first-order valence-corrected chi connectivity index (χ1v) is 10.4. The van der Waals surface area contributed by atoms with Gasteiger partial charge in [0.25, 0.3) is 5.91 Å². The number of amides is 1. The van der Waals surface area contributed by atoms with Gasteiger partial charge < -0.3 is 15.2 Å². The van der Waals surface area contributed by atoms with E-state index in [2.05, 4.69) is 10.4 Å². The number of carboxylic acid groups (broad SMARTS) is 1. The maximum atomic E-state index is 12.7. The van der Waals surface area contributed by atoms with Gasteiger partial charge >= 0.3 is 5.97 Å². The lowest BCUT2D eigenvalue weighted by atomic mass is 9.77. The summed E-state index contributed by atoms with van der Waals surface area (Å²) in [5.41, 5.74) is 0.434. The number of carbonyl (C=O) groups is 2. The van der Waals surface area contributed by atoms with E-state index < -0.39 is 5.97 Å². The van der Waals surface area contributed by atoms with E-state index >= 15 is 0 Å². The fourth-order valence-electron chi connectivity index (χ4n) is 4.61. The Labute approximate surface area is 165 Å². The van der Waals surface area contributed by atoms with Gasteiger partial charge in [-0.3, -0.25) is 19.2 Å². The van der Waals surface area contributed by atoms with Crippen LogP contribution in [0.15, 0.2) is 12.3 Å². The van der Waals surface area contributed by atoms with Crippen LogP contribution in [0.2, 0.25) is 0 Å². The highest BCUT2D eigenvalue weighted by Crippen LogP contribution is 2.39. The maximum absolute atomic E-state index is 12.7. The summed E-state index contributed by atoms with van der Waals surface area (Å²) < 4.78 is 7.98. The Balaban J connectivity index is 1.41. The molecular weight excluding hydrogens is 360 g/mol. The van der Waals surface area contributed by atoms with E-state index in [-0.39, 0.29) is 24.6 Å². The second kappa shape index (κ2) is 8.21. The quantitative estimate of drug-likeness (QED) is 0.693. The molecule has 2 saturated carbocycles. The Kier molecular flexibility index (Phi) is 5.68. The predicted molar refractivity (Wildman–Crippen MR) is 102 cm³/mol. The number of aromatic nitrogens is 2. The normalized spacial score (nSPS) is 30.2. The molecule has 3 fully saturated rings. The molecule has 1 aliphatic heterocycles. The summed E-state index contributed by atoms with van der Waals surface area (Å²) in [4.78, 5) is 25.8. The summed E-state index contributed by atoms with van der Waals surface area (Å²) in [5.74, 6) is 0.573. The molecule has 2 N–H and O–H groups in total. The molecule has 0 radical (unpaired) electrons. The van der Waals surface area contributed by atoms with Gasteiger partial charge in [-0.25, -0.2) is 0 Å². The van der Waals surface area contributed by atoms with Crippen LogP contribution >= 0.6 is 0 Å². The molecule has 3 aliphatic rings. The highest BCUT2D eigenvalue weighted by atomic mass is 16.5. The fourth-order valence-corrected chi connectivity index (χ4v) is 4.61. The number of fused-ring (bicyclic) bond motifs is 1. The Morgan fingerprint density at radius 2 is 2.04 bits per heavy atom. The van der Waals surface area contributed by atoms with Crippen LogP contribution in [-0.4, -0.2) is 70.1 Å². The van der Waals surface area contributed by atoms with E-state index in [1.807, 2.05) is 18.0 Å². The highest BCUT2D eigenvalue weighted by molar-refractivity contribution is 5.92. The Hall–Kier alpha value is -1.93. The topological polar surface area (TPSA) is 96.7 Å². The number of rotatable bonds is 8. The first-order chi connectivity index (χ1) is 13.5. The van der Waals surface area contributed by atoms with Gasteiger partial charge in [0.2, 0.25) is 0 Å². The number of hydrogen-bond acceptors (Lipinski definition) is 5. The number of carboxylic acids is 1. The van der Waals surface area contributed by atoms with Crippen molar-refractivity contribution in [2.75, 3.05) is 26.2 Å². The molecule has 4 atom stereocenters. The molecule has 8 heteroatoms. The minimum atomic E-state index is -0.781. The Morgan fingerprint density at radius 1 is 1.29 bits per heavy atom. The van der Waals surface area contributed by atoms with Crippen LogP contribution in [0.5, 0.6) is 0 Å². The molecule has 0 unspecified atom stereocenters. The molecule has 28 heavy (non-hydrogen) atoms. The zero-order chi connectivity index (χ0) is 19.7. The van der Waals surface area contributed by atoms with Gasteiger partial charge in [0.1, 0.15) is 5.69 Å². The van der Waals surface area contributed by atoms with Gasteiger partial charge in [0, 0.05) is 32.4 Å². The minimum absolute atomic E-state index is 0.0103. The Morgan fingerprint density at radius 3 is 2.68 bits per heavy atom. The van der Waals surface area contributed by atoms with Crippen molar-refractivity contribution in [2.24, 2.45) is 17.8 Å². The molecule has 0 spiro atoms. The van der Waals surface area contributed by atoms with Gasteiger partial charge in [-0.1, -0.05) is 0 Å². The van der Waals surface area contributed by atoms with E-state index in [1.54, 1.807) is 10.7 Å². The molecule has 1 saturated heterocycles. The lowest BCUT2D eigenvalue weighted by molar-refractivity contribution is -0.138. The largest absolute Gasteiger partial charge is 0.480 e. The first-order valence-electron chi connectivity index (χ1n) is 10.4. The zero-order valence-electron chi connectivity index (χ0n) is 16.4. The van der Waals surface area contributed by atoms with Gasteiger partial charge in [-0.2, -0.15) is 5.10 Å². The molecule has 1 aromatic heterocycles. The molecule has 8 nitrogen and oxygen atoms in total. The SMILES string of the molecule is CCn1ccc(C(=O)N[C@H]2C[C@H]3CN(CC(=O)O)C[C@H]3C[C@@H]2OCC2CC2)n1. The second-order valence-electron chi connectivity index (χ2n) is 8.53. The average Bonchev–Trinajstić information content (AvgIpc) is 3.21. The van der Waals surface area contributed by atoms with Crippen molar-refractivity contribution in [1.29, 1.82) is 0 Å². The monoisotopic (exact) mass is 390 g/mol. The lowest BCUT2D eigenvalue weighted by Crippen LogP contribution is -2.50. The summed E-state index contributed by atoms with van der Waals surface area (Å²) >= 11 is 0. The summed E-state index contributed by atoms with van der Waals surface area (Å²) in [6.07, 6.45) is 5.97. The van der Waals surface area contributed by atoms with E-state index in [9.17, 15) is 9.59 Å².